The molecule has 2 aromatic carbocycles. The second-order valence-corrected chi connectivity index (χ2v) is 7.72. The summed E-state index contributed by atoms with van der Waals surface area (Å²) >= 11 is 0. The molecule has 0 saturated carbocycles. The van der Waals surface area contributed by atoms with Crippen LogP contribution in [-0.4, -0.2) is 38.2 Å². The summed E-state index contributed by atoms with van der Waals surface area (Å²) in [5.41, 5.74) is -0.628. The zero-order valence-electron chi connectivity index (χ0n) is 13.9. The first-order chi connectivity index (χ1) is 12.4. The molecular weight excluding hydrogens is 358 g/mol. The van der Waals surface area contributed by atoms with E-state index < -0.39 is 21.5 Å². The molecule has 0 bridgehead atoms. The Balaban J connectivity index is 1.69. The normalized spacial score (nSPS) is 20.0. The lowest BCUT2D eigenvalue weighted by Gasteiger charge is -2.23. The Labute approximate surface area is 151 Å². The fourth-order valence-electron chi connectivity index (χ4n) is 2.63. The van der Waals surface area contributed by atoms with Gasteiger partial charge in [0.15, 0.2) is 5.54 Å². The Morgan fingerprint density at radius 3 is 2.42 bits per heavy atom. The molecule has 0 radical (unpaired) electrons. The molecule has 1 fully saturated rings. The molecule has 1 aliphatic rings. The Bertz CT molecular complexity index is 858. The zero-order valence-corrected chi connectivity index (χ0v) is 14.7. The van der Waals surface area contributed by atoms with Crippen LogP contribution >= 0.6 is 0 Å². The van der Waals surface area contributed by atoms with Crippen molar-refractivity contribution in [2.24, 2.45) is 0 Å². The average Bonchev–Trinajstić information content (AvgIpc) is 3.10. The van der Waals surface area contributed by atoms with Crippen LogP contribution in [0.25, 0.3) is 0 Å². The first-order valence-electron chi connectivity index (χ1n) is 8.03. The highest BCUT2D eigenvalue weighted by Gasteiger charge is 2.46. The summed E-state index contributed by atoms with van der Waals surface area (Å²) < 4.78 is 38.0. The highest BCUT2D eigenvalue weighted by molar-refractivity contribution is 7.89. The van der Waals surface area contributed by atoms with Crippen molar-refractivity contribution in [3.05, 3.63) is 60.2 Å². The molecule has 0 amide bonds. The van der Waals surface area contributed by atoms with Crippen LogP contribution < -0.4 is 9.46 Å². The Morgan fingerprint density at radius 1 is 1.15 bits per heavy atom. The minimum atomic E-state index is -4.00. The lowest BCUT2D eigenvalue weighted by molar-refractivity contribution is -0.144. The van der Waals surface area contributed by atoms with E-state index in [1.807, 2.05) is 30.3 Å². The lowest BCUT2D eigenvalue weighted by Crippen LogP contribution is -2.54. The predicted molar refractivity (Wildman–Crippen MR) is 93.3 cm³/mol. The molecule has 1 heterocycles. The van der Waals surface area contributed by atoms with E-state index in [1.54, 1.807) is 0 Å². The van der Waals surface area contributed by atoms with Crippen LogP contribution in [0.4, 0.5) is 0 Å². The van der Waals surface area contributed by atoms with Gasteiger partial charge in [-0.1, -0.05) is 30.3 Å². The number of nitrogens with one attached hydrogen (secondary N) is 1. The molecule has 8 heteroatoms. The van der Waals surface area contributed by atoms with Gasteiger partial charge in [-0.05, 0) is 29.8 Å². The van der Waals surface area contributed by atoms with Crippen molar-refractivity contribution in [1.82, 2.24) is 4.72 Å². The molecule has 2 N–H and O–H groups in total. The average molecular weight is 377 g/mol. The van der Waals surface area contributed by atoms with Gasteiger partial charge in [-0.3, -0.25) is 4.79 Å². The van der Waals surface area contributed by atoms with E-state index in [0.717, 1.165) is 5.56 Å². The highest BCUT2D eigenvalue weighted by Crippen LogP contribution is 2.24. The van der Waals surface area contributed by atoms with E-state index in [9.17, 15) is 18.3 Å². The van der Waals surface area contributed by atoms with Crippen molar-refractivity contribution in [3.8, 4) is 5.75 Å². The summed E-state index contributed by atoms with van der Waals surface area (Å²) in [6.45, 7) is 0.367. The lowest BCUT2D eigenvalue weighted by atomic mass is 10.0. The monoisotopic (exact) mass is 377 g/mol. The van der Waals surface area contributed by atoms with Crippen LogP contribution in [-0.2, 0) is 26.2 Å². The topological polar surface area (TPSA) is 102 Å². The van der Waals surface area contributed by atoms with Crippen LogP contribution in [0.3, 0.4) is 0 Å². The molecule has 0 aliphatic carbocycles. The number of carboxylic acids is 1. The van der Waals surface area contributed by atoms with Crippen molar-refractivity contribution in [2.45, 2.75) is 23.5 Å². The van der Waals surface area contributed by atoms with Crippen LogP contribution in [0.5, 0.6) is 5.75 Å². The molecular formula is C18H19NO6S. The minimum absolute atomic E-state index is 0.0305. The fraction of sp³-hybridized carbons (Fsp3) is 0.278. The standard InChI is InChI=1S/C18H19NO6S/c20-17(21)18(10-11-24-13-18)19-26(22,23)16-8-6-15(7-9-16)25-12-14-4-2-1-3-5-14/h1-9,19H,10-13H2,(H,20,21). The van der Waals surface area contributed by atoms with Gasteiger partial charge in [-0.25, -0.2) is 8.42 Å². The summed E-state index contributed by atoms with van der Waals surface area (Å²) in [5, 5.41) is 9.37. The summed E-state index contributed by atoms with van der Waals surface area (Å²) in [4.78, 5) is 11.4. The van der Waals surface area contributed by atoms with Gasteiger partial charge < -0.3 is 14.6 Å². The molecule has 138 valence electrons. The van der Waals surface area contributed by atoms with E-state index in [0.29, 0.717) is 12.4 Å². The smallest absolute Gasteiger partial charge is 0.327 e. The molecule has 1 saturated heterocycles. The number of hydrogen-bond donors (Lipinski definition) is 2. The SMILES string of the molecule is O=C(O)C1(NS(=O)(=O)c2ccc(OCc3ccccc3)cc2)CCOC1. The van der Waals surface area contributed by atoms with E-state index in [-0.39, 0.29) is 24.5 Å². The maximum Gasteiger partial charge on any atom is 0.327 e. The number of benzene rings is 2. The summed E-state index contributed by atoms with van der Waals surface area (Å²) in [6.07, 6.45) is 0.0832. The number of ether oxygens (including phenoxy) is 2. The summed E-state index contributed by atoms with van der Waals surface area (Å²) in [7, 11) is -4.00. The molecule has 1 unspecified atom stereocenters. The minimum Gasteiger partial charge on any atom is -0.489 e. The van der Waals surface area contributed by atoms with E-state index in [4.69, 9.17) is 9.47 Å². The largest absolute Gasteiger partial charge is 0.489 e. The van der Waals surface area contributed by atoms with Gasteiger partial charge in [0.2, 0.25) is 10.0 Å². The van der Waals surface area contributed by atoms with Gasteiger partial charge in [0.05, 0.1) is 11.5 Å². The highest BCUT2D eigenvalue weighted by atomic mass is 32.2. The number of carbonyl (C=O) groups is 1. The Hall–Kier alpha value is -2.42. The number of aliphatic carboxylic acids is 1. The third kappa shape index (κ3) is 4.04. The van der Waals surface area contributed by atoms with Crippen LogP contribution in [0.1, 0.15) is 12.0 Å². The van der Waals surface area contributed by atoms with Crippen molar-refractivity contribution < 1.29 is 27.8 Å². The number of hydrogen-bond acceptors (Lipinski definition) is 5. The van der Waals surface area contributed by atoms with Gasteiger partial charge in [0.1, 0.15) is 12.4 Å². The van der Waals surface area contributed by atoms with Gasteiger partial charge >= 0.3 is 5.97 Å². The van der Waals surface area contributed by atoms with Crippen LogP contribution in [0, 0.1) is 0 Å². The van der Waals surface area contributed by atoms with Crippen molar-refractivity contribution in [2.75, 3.05) is 13.2 Å². The maximum atomic E-state index is 12.5. The summed E-state index contributed by atoms with van der Waals surface area (Å²) in [5.74, 6) is -0.730. The second kappa shape index (κ2) is 7.45. The number of rotatable bonds is 7. The van der Waals surface area contributed by atoms with Crippen molar-refractivity contribution in [1.29, 1.82) is 0 Å². The molecule has 7 nitrogen and oxygen atoms in total. The third-order valence-electron chi connectivity index (χ3n) is 4.14. The van der Waals surface area contributed by atoms with Crippen molar-refractivity contribution >= 4 is 16.0 Å². The maximum absolute atomic E-state index is 12.5. The number of sulfonamides is 1. The van der Waals surface area contributed by atoms with Gasteiger partial charge in [-0.2, -0.15) is 4.72 Å². The van der Waals surface area contributed by atoms with Gasteiger partial charge in [0, 0.05) is 13.0 Å². The fourth-order valence-corrected chi connectivity index (χ4v) is 4.00. The Kier molecular flexibility index (Phi) is 5.26. The van der Waals surface area contributed by atoms with E-state index >= 15 is 0 Å². The molecule has 1 aliphatic heterocycles. The van der Waals surface area contributed by atoms with Crippen LogP contribution in [0.2, 0.25) is 0 Å². The van der Waals surface area contributed by atoms with E-state index in [2.05, 4.69) is 4.72 Å². The van der Waals surface area contributed by atoms with Crippen molar-refractivity contribution in [3.63, 3.8) is 0 Å². The summed E-state index contributed by atoms with van der Waals surface area (Å²) in [6, 6.07) is 15.4. The predicted octanol–water partition coefficient (Wildman–Crippen LogP) is 1.79. The van der Waals surface area contributed by atoms with Gasteiger partial charge in [0.25, 0.3) is 0 Å². The molecule has 1 atom stereocenters. The molecule has 0 spiro atoms. The van der Waals surface area contributed by atoms with Crippen LogP contribution in [0.15, 0.2) is 59.5 Å². The first-order valence-corrected chi connectivity index (χ1v) is 9.52. The quantitative estimate of drug-likeness (QED) is 0.763. The second-order valence-electron chi connectivity index (χ2n) is 6.04. The van der Waals surface area contributed by atoms with Gasteiger partial charge in [-0.15, -0.1) is 0 Å². The third-order valence-corrected chi connectivity index (χ3v) is 5.70. The molecule has 2 aromatic rings. The Morgan fingerprint density at radius 2 is 1.85 bits per heavy atom. The van der Waals surface area contributed by atoms with E-state index in [1.165, 1.54) is 24.3 Å². The molecule has 0 aromatic heterocycles. The zero-order chi connectivity index (χ0) is 18.6. The molecule has 26 heavy (non-hydrogen) atoms. The number of carboxylic acid groups (broad SMARTS) is 1. The first kappa shape index (κ1) is 18.4. The molecule has 3 rings (SSSR count).